The highest BCUT2D eigenvalue weighted by molar-refractivity contribution is 5.79. The fourth-order valence-corrected chi connectivity index (χ4v) is 3.85. The molecule has 0 bridgehead atoms. The number of piperidine rings is 1. The molecule has 5 heteroatoms. The summed E-state index contributed by atoms with van der Waals surface area (Å²) >= 11 is 0. The molecule has 0 spiro atoms. The van der Waals surface area contributed by atoms with Crippen LogP contribution in [0.2, 0.25) is 0 Å². The molecule has 0 aromatic rings. The van der Waals surface area contributed by atoms with Gasteiger partial charge in [-0.15, -0.1) is 0 Å². The predicted molar refractivity (Wildman–Crippen MR) is 80.1 cm³/mol. The lowest BCUT2D eigenvalue weighted by molar-refractivity contribution is -0.139. The first-order valence-electron chi connectivity index (χ1n) is 8.29. The van der Waals surface area contributed by atoms with Crippen molar-refractivity contribution < 1.29 is 14.3 Å². The van der Waals surface area contributed by atoms with E-state index in [1.807, 2.05) is 4.90 Å². The molecular weight excluding hydrogens is 268 g/mol. The van der Waals surface area contributed by atoms with Crippen molar-refractivity contribution in [3.05, 3.63) is 0 Å². The molecule has 2 aliphatic heterocycles. The third-order valence-electron chi connectivity index (χ3n) is 5.29. The Kier molecular flexibility index (Phi) is 4.82. The van der Waals surface area contributed by atoms with Crippen molar-refractivity contribution in [2.24, 2.45) is 5.92 Å². The zero-order valence-corrected chi connectivity index (χ0v) is 13.3. The second-order valence-electron chi connectivity index (χ2n) is 6.73. The van der Waals surface area contributed by atoms with Crippen LogP contribution in [0.4, 0.5) is 0 Å². The van der Waals surface area contributed by atoms with Gasteiger partial charge in [-0.05, 0) is 45.2 Å². The fourth-order valence-electron chi connectivity index (χ4n) is 3.85. The van der Waals surface area contributed by atoms with Crippen molar-refractivity contribution in [1.29, 1.82) is 0 Å². The van der Waals surface area contributed by atoms with Crippen LogP contribution in [0.25, 0.3) is 0 Å². The molecule has 0 aromatic carbocycles. The number of likely N-dealkylation sites (tertiary alicyclic amines) is 2. The highest BCUT2D eigenvalue weighted by Gasteiger charge is 2.40. The van der Waals surface area contributed by atoms with E-state index in [4.69, 9.17) is 9.47 Å². The number of carbonyl (C=O) groups excluding carboxylic acids is 1. The summed E-state index contributed by atoms with van der Waals surface area (Å²) in [7, 11) is 3.44. The Bertz CT molecular complexity index is 365. The first-order valence-corrected chi connectivity index (χ1v) is 8.29. The Morgan fingerprint density at radius 3 is 2.43 bits per heavy atom. The van der Waals surface area contributed by atoms with Crippen molar-refractivity contribution in [1.82, 2.24) is 9.80 Å². The van der Waals surface area contributed by atoms with E-state index in [0.29, 0.717) is 12.5 Å². The molecule has 21 heavy (non-hydrogen) atoms. The maximum absolute atomic E-state index is 12.8. The fraction of sp³-hybridized carbons (Fsp3) is 0.938. The summed E-state index contributed by atoms with van der Waals surface area (Å²) < 4.78 is 10.7. The molecular formula is C16H28N2O3. The molecule has 3 fully saturated rings. The van der Waals surface area contributed by atoms with Gasteiger partial charge in [-0.1, -0.05) is 0 Å². The zero-order valence-electron chi connectivity index (χ0n) is 13.3. The van der Waals surface area contributed by atoms with E-state index in [2.05, 4.69) is 4.90 Å². The van der Waals surface area contributed by atoms with Crippen LogP contribution >= 0.6 is 0 Å². The van der Waals surface area contributed by atoms with Crippen LogP contribution in [-0.2, 0) is 14.3 Å². The quantitative estimate of drug-likeness (QED) is 0.762. The van der Waals surface area contributed by atoms with Gasteiger partial charge in [-0.25, -0.2) is 0 Å². The van der Waals surface area contributed by atoms with Crippen LogP contribution in [0, 0.1) is 5.92 Å². The third kappa shape index (κ3) is 3.41. The van der Waals surface area contributed by atoms with Crippen molar-refractivity contribution in [2.45, 2.75) is 50.3 Å². The SMILES string of the molecule is COC[C@@H]1C[C@@H](OC)CN1C(=O)C1CCN(C2CC2)CC1. The summed E-state index contributed by atoms with van der Waals surface area (Å²) in [5.74, 6) is 0.530. The van der Waals surface area contributed by atoms with Crippen molar-refractivity contribution in [3.63, 3.8) is 0 Å². The van der Waals surface area contributed by atoms with E-state index >= 15 is 0 Å². The summed E-state index contributed by atoms with van der Waals surface area (Å²) in [6, 6.07) is 1.01. The van der Waals surface area contributed by atoms with Crippen LogP contribution in [-0.4, -0.2) is 74.4 Å². The van der Waals surface area contributed by atoms with E-state index in [9.17, 15) is 4.79 Å². The van der Waals surface area contributed by atoms with Gasteiger partial charge in [0.05, 0.1) is 18.8 Å². The highest BCUT2D eigenvalue weighted by Crippen LogP contribution is 2.32. The lowest BCUT2D eigenvalue weighted by Crippen LogP contribution is -2.46. The predicted octanol–water partition coefficient (Wildman–Crippen LogP) is 1.12. The van der Waals surface area contributed by atoms with E-state index in [1.165, 1.54) is 12.8 Å². The second kappa shape index (κ2) is 6.63. The van der Waals surface area contributed by atoms with Crippen LogP contribution in [0.1, 0.15) is 32.1 Å². The number of carbonyl (C=O) groups is 1. The number of hydrogen-bond acceptors (Lipinski definition) is 4. The van der Waals surface area contributed by atoms with E-state index < -0.39 is 0 Å². The molecule has 1 aliphatic carbocycles. The number of nitrogens with zero attached hydrogens (tertiary/aromatic N) is 2. The topological polar surface area (TPSA) is 42.0 Å². The Labute approximate surface area is 127 Å². The van der Waals surface area contributed by atoms with Gasteiger partial charge in [0.15, 0.2) is 0 Å². The van der Waals surface area contributed by atoms with Gasteiger partial charge < -0.3 is 19.3 Å². The Morgan fingerprint density at radius 2 is 1.86 bits per heavy atom. The normalized spacial score (nSPS) is 31.8. The lowest BCUT2D eigenvalue weighted by atomic mass is 9.95. The summed E-state index contributed by atoms with van der Waals surface area (Å²) in [6.07, 6.45) is 5.82. The molecule has 2 atom stereocenters. The first-order chi connectivity index (χ1) is 10.2. The lowest BCUT2D eigenvalue weighted by Gasteiger charge is -2.34. The monoisotopic (exact) mass is 296 g/mol. The number of amides is 1. The van der Waals surface area contributed by atoms with Crippen LogP contribution in [0.5, 0.6) is 0 Å². The molecule has 120 valence electrons. The number of methoxy groups -OCH3 is 2. The second-order valence-corrected chi connectivity index (χ2v) is 6.73. The third-order valence-corrected chi connectivity index (χ3v) is 5.29. The molecule has 0 unspecified atom stereocenters. The van der Waals surface area contributed by atoms with Crippen LogP contribution in [0.3, 0.4) is 0 Å². The summed E-state index contributed by atoms with van der Waals surface area (Å²) in [6.45, 7) is 3.54. The van der Waals surface area contributed by atoms with Gasteiger partial charge in [0, 0.05) is 32.7 Å². The van der Waals surface area contributed by atoms with E-state index in [0.717, 1.165) is 44.9 Å². The first kappa shape index (κ1) is 15.3. The average molecular weight is 296 g/mol. The van der Waals surface area contributed by atoms with Crippen molar-refractivity contribution >= 4 is 5.91 Å². The number of hydrogen-bond donors (Lipinski definition) is 0. The van der Waals surface area contributed by atoms with Gasteiger partial charge in [0.2, 0.25) is 5.91 Å². The largest absolute Gasteiger partial charge is 0.383 e. The number of rotatable bonds is 5. The smallest absolute Gasteiger partial charge is 0.226 e. The highest BCUT2D eigenvalue weighted by atomic mass is 16.5. The zero-order chi connectivity index (χ0) is 14.8. The Hall–Kier alpha value is -0.650. The molecule has 2 saturated heterocycles. The van der Waals surface area contributed by atoms with Gasteiger partial charge in [-0.2, -0.15) is 0 Å². The van der Waals surface area contributed by atoms with Gasteiger partial charge in [-0.3, -0.25) is 4.79 Å². The van der Waals surface area contributed by atoms with Crippen molar-refractivity contribution in [2.75, 3.05) is 40.5 Å². The standard InChI is InChI=1S/C16H28N2O3/c1-20-11-14-9-15(21-2)10-18(14)16(19)12-5-7-17(8-6-12)13-3-4-13/h12-15H,3-11H2,1-2H3/t14-,15+/m0/s1. The molecule has 2 heterocycles. The minimum atomic E-state index is 0.167. The van der Waals surface area contributed by atoms with Gasteiger partial charge in [0.25, 0.3) is 0 Å². The Balaban J connectivity index is 1.55. The molecule has 1 saturated carbocycles. The van der Waals surface area contributed by atoms with Crippen LogP contribution in [0.15, 0.2) is 0 Å². The maximum atomic E-state index is 12.8. The minimum absolute atomic E-state index is 0.167. The Morgan fingerprint density at radius 1 is 1.14 bits per heavy atom. The molecule has 3 rings (SSSR count). The maximum Gasteiger partial charge on any atom is 0.226 e. The molecule has 3 aliphatic rings. The molecule has 1 amide bonds. The molecule has 0 N–H and O–H groups in total. The van der Waals surface area contributed by atoms with E-state index in [1.54, 1.807) is 14.2 Å². The summed E-state index contributed by atoms with van der Waals surface area (Å²) in [4.78, 5) is 17.4. The minimum Gasteiger partial charge on any atom is -0.383 e. The van der Waals surface area contributed by atoms with Gasteiger partial charge >= 0.3 is 0 Å². The summed E-state index contributed by atoms with van der Waals surface area (Å²) in [5.41, 5.74) is 0. The average Bonchev–Trinajstić information content (AvgIpc) is 3.28. The summed E-state index contributed by atoms with van der Waals surface area (Å²) in [5, 5.41) is 0. The van der Waals surface area contributed by atoms with Gasteiger partial charge in [0.1, 0.15) is 0 Å². The molecule has 5 nitrogen and oxygen atoms in total. The van der Waals surface area contributed by atoms with Crippen LogP contribution < -0.4 is 0 Å². The molecule has 0 radical (unpaired) electrons. The number of ether oxygens (including phenoxy) is 2. The molecule has 0 aromatic heterocycles. The van der Waals surface area contributed by atoms with Crippen molar-refractivity contribution in [3.8, 4) is 0 Å². The van der Waals surface area contributed by atoms with E-state index in [-0.39, 0.29) is 18.1 Å².